The van der Waals surface area contributed by atoms with Gasteiger partial charge in [0.05, 0.1) is 18.3 Å². The maximum Gasteiger partial charge on any atom is 0.191 e. The molecule has 136 valence electrons. The van der Waals surface area contributed by atoms with Gasteiger partial charge < -0.3 is 15.4 Å². The van der Waals surface area contributed by atoms with E-state index in [1.54, 1.807) is 0 Å². The molecule has 2 saturated carbocycles. The number of halogens is 1. The zero-order valence-electron chi connectivity index (χ0n) is 14.9. The van der Waals surface area contributed by atoms with Gasteiger partial charge in [-0.25, -0.2) is 0 Å². The molecule has 1 aromatic rings. The molecule has 1 aromatic heterocycles. The number of aliphatic imine (C=N–C) groups is 1. The van der Waals surface area contributed by atoms with Crippen LogP contribution in [0.2, 0.25) is 0 Å². The summed E-state index contributed by atoms with van der Waals surface area (Å²) in [7, 11) is 3.79. The van der Waals surface area contributed by atoms with Gasteiger partial charge in [0.15, 0.2) is 5.96 Å². The average Bonchev–Trinajstić information content (AvgIpc) is 3.20. The summed E-state index contributed by atoms with van der Waals surface area (Å²) in [6.07, 6.45) is 8.51. The summed E-state index contributed by atoms with van der Waals surface area (Å²) in [6.45, 7) is 3.63. The summed E-state index contributed by atoms with van der Waals surface area (Å²) in [6, 6.07) is 2.49. The lowest BCUT2D eigenvalue weighted by molar-refractivity contribution is -0.125. The van der Waals surface area contributed by atoms with Crippen LogP contribution in [0.4, 0.5) is 0 Å². The molecule has 7 heteroatoms. The van der Waals surface area contributed by atoms with E-state index >= 15 is 0 Å². The van der Waals surface area contributed by atoms with Gasteiger partial charge in [-0.15, -0.1) is 24.0 Å². The fourth-order valence-electron chi connectivity index (χ4n) is 4.20. The largest absolute Gasteiger partial charge is 0.378 e. The van der Waals surface area contributed by atoms with E-state index in [0.29, 0.717) is 17.6 Å². The van der Waals surface area contributed by atoms with Gasteiger partial charge in [-0.1, -0.05) is 12.8 Å². The second-order valence-electron chi connectivity index (χ2n) is 6.69. The van der Waals surface area contributed by atoms with Gasteiger partial charge in [-0.3, -0.25) is 9.67 Å². The number of rotatable bonds is 5. The summed E-state index contributed by atoms with van der Waals surface area (Å²) in [5, 5.41) is 11.2. The maximum atomic E-state index is 5.98. The quantitative estimate of drug-likeness (QED) is 0.414. The summed E-state index contributed by atoms with van der Waals surface area (Å²) in [5.74, 6) is 0.873. The third kappa shape index (κ3) is 3.71. The fourth-order valence-corrected chi connectivity index (χ4v) is 4.20. The Kier molecular flexibility index (Phi) is 6.91. The van der Waals surface area contributed by atoms with Crippen molar-refractivity contribution in [1.82, 2.24) is 20.4 Å². The first-order valence-corrected chi connectivity index (χ1v) is 8.75. The number of aromatic nitrogens is 2. The van der Waals surface area contributed by atoms with Crippen molar-refractivity contribution in [2.24, 2.45) is 17.5 Å². The van der Waals surface area contributed by atoms with Gasteiger partial charge in [-0.05, 0) is 32.3 Å². The molecule has 1 spiro atoms. The van der Waals surface area contributed by atoms with Crippen LogP contribution in [0, 0.1) is 5.41 Å². The van der Waals surface area contributed by atoms with Crippen molar-refractivity contribution in [3.05, 3.63) is 18.0 Å². The Labute approximate surface area is 161 Å². The SMILES string of the molecule is CCOC1CC(NC(=NC)NCc2ccnn2C)C12CCCC2.I. The number of nitrogens with one attached hydrogen (secondary N) is 2. The second-order valence-corrected chi connectivity index (χ2v) is 6.69. The maximum absolute atomic E-state index is 5.98. The van der Waals surface area contributed by atoms with Gasteiger partial charge in [0.2, 0.25) is 0 Å². The predicted molar refractivity (Wildman–Crippen MR) is 107 cm³/mol. The number of ether oxygens (including phenoxy) is 1. The Morgan fingerprint density at radius 3 is 2.79 bits per heavy atom. The molecule has 3 rings (SSSR count). The molecule has 24 heavy (non-hydrogen) atoms. The predicted octanol–water partition coefficient (Wildman–Crippen LogP) is 2.44. The van der Waals surface area contributed by atoms with Crippen molar-refractivity contribution >= 4 is 29.9 Å². The van der Waals surface area contributed by atoms with E-state index in [1.165, 1.54) is 25.7 Å². The van der Waals surface area contributed by atoms with Crippen LogP contribution in [0.15, 0.2) is 17.3 Å². The van der Waals surface area contributed by atoms with Gasteiger partial charge in [-0.2, -0.15) is 5.10 Å². The molecule has 0 bridgehead atoms. The number of aryl methyl sites for hydroxylation is 1. The van der Waals surface area contributed by atoms with Crippen LogP contribution >= 0.6 is 24.0 Å². The van der Waals surface area contributed by atoms with Gasteiger partial charge in [0.1, 0.15) is 0 Å². The minimum Gasteiger partial charge on any atom is -0.378 e. The highest BCUT2D eigenvalue weighted by Gasteiger charge is 2.56. The van der Waals surface area contributed by atoms with Gasteiger partial charge >= 0.3 is 0 Å². The Bertz CT molecular complexity index is 553. The Balaban J connectivity index is 0.00000208. The lowest BCUT2D eigenvalue weighted by Gasteiger charge is -2.54. The van der Waals surface area contributed by atoms with Crippen molar-refractivity contribution in [1.29, 1.82) is 0 Å². The van der Waals surface area contributed by atoms with E-state index < -0.39 is 0 Å². The van der Waals surface area contributed by atoms with Crippen LogP contribution < -0.4 is 10.6 Å². The number of nitrogens with zero attached hydrogens (tertiary/aromatic N) is 3. The molecule has 1 heterocycles. The second kappa shape index (κ2) is 8.51. The van der Waals surface area contributed by atoms with Gasteiger partial charge in [0, 0.05) is 38.4 Å². The normalized spacial score (nSPS) is 25.2. The molecular weight excluding hydrogens is 417 g/mol. The summed E-state index contributed by atoms with van der Waals surface area (Å²) < 4.78 is 7.87. The van der Waals surface area contributed by atoms with Crippen molar-refractivity contribution in [2.75, 3.05) is 13.7 Å². The van der Waals surface area contributed by atoms with Crippen LogP contribution in [0.1, 0.15) is 44.7 Å². The molecule has 6 nitrogen and oxygen atoms in total. The standard InChI is InChI=1S/C17H29N5O.HI/c1-4-23-15-11-14(17(15)8-5-6-9-17)21-16(18-2)19-12-13-7-10-20-22(13)3;/h7,10,14-15H,4-6,8-9,11-12H2,1-3H3,(H2,18,19,21);1H. The zero-order chi connectivity index (χ0) is 16.3. The Morgan fingerprint density at radius 2 is 2.21 bits per heavy atom. The Hall–Kier alpha value is -0.830. The molecule has 2 aliphatic carbocycles. The molecule has 2 atom stereocenters. The van der Waals surface area contributed by atoms with Crippen LogP contribution in [-0.4, -0.2) is 41.5 Å². The van der Waals surface area contributed by atoms with E-state index in [0.717, 1.165) is 31.2 Å². The third-order valence-electron chi connectivity index (χ3n) is 5.58. The van der Waals surface area contributed by atoms with E-state index in [2.05, 4.69) is 27.6 Å². The van der Waals surface area contributed by atoms with Crippen LogP contribution in [0.5, 0.6) is 0 Å². The van der Waals surface area contributed by atoms with E-state index in [1.807, 2.05) is 31.0 Å². The van der Waals surface area contributed by atoms with Crippen molar-refractivity contribution in [3.8, 4) is 0 Å². The minimum atomic E-state index is 0. The number of hydrogen-bond acceptors (Lipinski definition) is 3. The molecule has 2 unspecified atom stereocenters. The Morgan fingerprint density at radius 1 is 1.46 bits per heavy atom. The fraction of sp³-hybridized carbons (Fsp3) is 0.765. The first-order chi connectivity index (χ1) is 11.2. The van der Waals surface area contributed by atoms with E-state index in [-0.39, 0.29) is 24.0 Å². The molecular formula is C17H30IN5O. The minimum absolute atomic E-state index is 0. The van der Waals surface area contributed by atoms with E-state index in [9.17, 15) is 0 Å². The topological polar surface area (TPSA) is 63.5 Å². The van der Waals surface area contributed by atoms with Crippen molar-refractivity contribution in [2.45, 2.75) is 57.7 Å². The van der Waals surface area contributed by atoms with Crippen LogP contribution in [0.3, 0.4) is 0 Å². The van der Waals surface area contributed by atoms with Crippen LogP contribution in [0.25, 0.3) is 0 Å². The van der Waals surface area contributed by atoms with Crippen molar-refractivity contribution in [3.63, 3.8) is 0 Å². The highest BCUT2D eigenvalue weighted by Crippen LogP contribution is 2.54. The molecule has 0 aromatic carbocycles. The molecule has 0 aliphatic heterocycles. The number of hydrogen-bond donors (Lipinski definition) is 2. The molecule has 2 N–H and O–H groups in total. The lowest BCUT2D eigenvalue weighted by atomic mass is 9.60. The summed E-state index contributed by atoms with van der Waals surface area (Å²) >= 11 is 0. The third-order valence-corrected chi connectivity index (χ3v) is 5.58. The van der Waals surface area contributed by atoms with Crippen molar-refractivity contribution < 1.29 is 4.74 Å². The summed E-state index contributed by atoms with van der Waals surface area (Å²) in [4.78, 5) is 4.39. The zero-order valence-corrected chi connectivity index (χ0v) is 17.2. The molecule has 0 radical (unpaired) electrons. The molecule has 2 aliphatic rings. The smallest absolute Gasteiger partial charge is 0.191 e. The highest BCUT2D eigenvalue weighted by molar-refractivity contribution is 14.0. The number of guanidine groups is 1. The summed E-state index contributed by atoms with van der Waals surface area (Å²) in [5.41, 5.74) is 1.46. The van der Waals surface area contributed by atoms with Gasteiger partial charge in [0.25, 0.3) is 0 Å². The highest BCUT2D eigenvalue weighted by atomic mass is 127. The molecule has 0 amide bonds. The first kappa shape index (κ1) is 19.5. The monoisotopic (exact) mass is 447 g/mol. The molecule has 2 fully saturated rings. The molecule has 0 saturated heterocycles. The van der Waals surface area contributed by atoms with E-state index in [4.69, 9.17) is 4.74 Å². The van der Waals surface area contributed by atoms with Crippen LogP contribution in [-0.2, 0) is 18.3 Å². The first-order valence-electron chi connectivity index (χ1n) is 8.75. The average molecular weight is 447 g/mol. The lowest BCUT2D eigenvalue weighted by Crippen LogP contribution is -2.65.